The lowest BCUT2D eigenvalue weighted by molar-refractivity contribution is 0.420. The zero-order valence-corrected chi connectivity index (χ0v) is 10.7. The zero-order valence-electron chi connectivity index (χ0n) is 10.7. The summed E-state index contributed by atoms with van der Waals surface area (Å²) >= 11 is 0. The van der Waals surface area contributed by atoms with Crippen molar-refractivity contribution in [2.24, 2.45) is 0 Å². The van der Waals surface area contributed by atoms with E-state index in [9.17, 15) is 0 Å². The van der Waals surface area contributed by atoms with E-state index in [1.165, 1.54) is 30.4 Å². The lowest BCUT2D eigenvalue weighted by Crippen LogP contribution is -2.10. The molecule has 1 fully saturated rings. The number of nitrogens with zero attached hydrogens (tertiary/aromatic N) is 1. The molecule has 0 saturated heterocycles. The van der Waals surface area contributed by atoms with Crippen molar-refractivity contribution in [3.63, 3.8) is 0 Å². The number of hydrogen-bond acceptors (Lipinski definition) is 2. The number of aromatic nitrogens is 1. The first-order chi connectivity index (χ1) is 8.88. The third-order valence-corrected chi connectivity index (χ3v) is 3.79. The van der Waals surface area contributed by atoms with Gasteiger partial charge in [-0.05, 0) is 36.5 Å². The molecule has 1 heterocycles. The van der Waals surface area contributed by atoms with E-state index in [4.69, 9.17) is 0 Å². The predicted octanol–water partition coefficient (Wildman–Crippen LogP) is 4.06. The van der Waals surface area contributed by atoms with E-state index in [1.807, 2.05) is 13.1 Å². The largest absolute Gasteiger partial charge is 0.373 e. The van der Waals surface area contributed by atoms with Gasteiger partial charge < -0.3 is 5.32 Å². The Kier molecular flexibility index (Phi) is 3.01. The van der Waals surface area contributed by atoms with Crippen LogP contribution in [0.2, 0.25) is 0 Å². The van der Waals surface area contributed by atoms with E-state index in [-0.39, 0.29) is 0 Å². The van der Waals surface area contributed by atoms with Gasteiger partial charge >= 0.3 is 0 Å². The van der Waals surface area contributed by atoms with Crippen molar-refractivity contribution in [2.75, 3.05) is 12.4 Å². The monoisotopic (exact) mass is 238 g/mol. The highest BCUT2D eigenvalue weighted by Gasteiger charge is 2.22. The molecule has 2 nitrogen and oxygen atoms in total. The van der Waals surface area contributed by atoms with Gasteiger partial charge in [0.05, 0.1) is 5.69 Å². The van der Waals surface area contributed by atoms with E-state index < -0.39 is 0 Å². The second-order valence-corrected chi connectivity index (χ2v) is 4.87. The van der Waals surface area contributed by atoms with Crippen molar-refractivity contribution in [3.05, 3.63) is 48.0 Å². The summed E-state index contributed by atoms with van der Waals surface area (Å²) in [7, 11) is 1.91. The molecule has 0 spiro atoms. The Labute approximate surface area is 108 Å². The minimum absolute atomic E-state index is 0.737. The quantitative estimate of drug-likeness (QED) is 0.872. The van der Waals surface area contributed by atoms with E-state index in [0.717, 1.165) is 17.4 Å². The van der Waals surface area contributed by atoms with Crippen LogP contribution in [0.1, 0.15) is 30.7 Å². The highest BCUT2D eigenvalue weighted by molar-refractivity contribution is 5.66. The number of rotatable bonds is 3. The van der Waals surface area contributed by atoms with Crippen molar-refractivity contribution >= 4 is 5.82 Å². The van der Waals surface area contributed by atoms with Crippen LogP contribution in [-0.2, 0) is 0 Å². The van der Waals surface area contributed by atoms with Crippen molar-refractivity contribution in [2.45, 2.75) is 25.2 Å². The average Bonchev–Trinajstić information content (AvgIpc) is 2.37. The average molecular weight is 238 g/mol. The topological polar surface area (TPSA) is 24.9 Å². The van der Waals surface area contributed by atoms with Crippen LogP contribution in [0, 0.1) is 0 Å². The second kappa shape index (κ2) is 4.81. The van der Waals surface area contributed by atoms with Crippen LogP contribution in [0.5, 0.6) is 0 Å². The Hall–Kier alpha value is -1.83. The highest BCUT2D eigenvalue weighted by atomic mass is 15.0. The van der Waals surface area contributed by atoms with Crippen molar-refractivity contribution in [1.29, 1.82) is 0 Å². The van der Waals surface area contributed by atoms with Crippen molar-refractivity contribution < 1.29 is 0 Å². The summed E-state index contributed by atoms with van der Waals surface area (Å²) in [5.41, 5.74) is 3.83. The molecule has 3 rings (SSSR count). The van der Waals surface area contributed by atoms with Crippen LogP contribution < -0.4 is 5.32 Å². The van der Waals surface area contributed by atoms with E-state index in [2.05, 4.69) is 46.7 Å². The molecule has 0 unspecified atom stereocenters. The summed E-state index contributed by atoms with van der Waals surface area (Å²) in [5.74, 6) is 1.66. The van der Waals surface area contributed by atoms with Crippen molar-refractivity contribution in [1.82, 2.24) is 4.98 Å². The summed E-state index contributed by atoms with van der Waals surface area (Å²) in [4.78, 5) is 4.65. The van der Waals surface area contributed by atoms with Gasteiger partial charge in [-0.15, -0.1) is 0 Å². The molecule has 0 atom stereocenters. The number of benzene rings is 1. The molecule has 2 heteroatoms. The third-order valence-electron chi connectivity index (χ3n) is 3.79. The lowest BCUT2D eigenvalue weighted by atomic mass is 9.78. The van der Waals surface area contributed by atoms with Gasteiger partial charge in [0.1, 0.15) is 5.82 Å². The molecule has 0 aliphatic heterocycles. The number of hydrogen-bond donors (Lipinski definition) is 1. The molecule has 0 radical (unpaired) electrons. The lowest BCUT2D eigenvalue weighted by Gasteiger charge is -2.27. The van der Waals surface area contributed by atoms with Crippen LogP contribution in [0.4, 0.5) is 5.82 Å². The normalized spacial score (nSPS) is 15.2. The van der Waals surface area contributed by atoms with E-state index in [0.29, 0.717) is 0 Å². The van der Waals surface area contributed by atoms with Crippen LogP contribution in [0.25, 0.3) is 11.3 Å². The molecule has 0 amide bonds. The van der Waals surface area contributed by atoms with Crippen LogP contribution in [0.3, 0.4) is 0 Å². The third kappa shape index (κ3) is 1.99. The van der Waals surface area contributed by atoms with Gasteiger partial charge in [0.15, 0.2) is 0 Å². The minimum atomic E-state index is 0.737. The fourth-order valence-corrected chi connectivity index (χ4v) is 2.53. The van der Waals surface area contributed by atoms with Crippen LogP contribution >= 0.6 is 0 Å². The van der Waals surface area contributed by atoms with Crippen LogP contribution in [0.15, 0.2) is 42.5 Å². The molecule has 2 aromatic rings. The molecule has 1 aromatic carbocycles. The number of anilines is 1. The summed E-state index contributed by atoms with van der Waals surface area (Å²) in [6.07, 6.45) is 4.01. The van der Waals surface area contributed by atoms with Gasteiger partial charge in [0, 0.05) is 12.6 Å². The first kappa shape index (κ1) is 11.3. The molecule has 1 aromatic heterocycles. The summed E-state index contributed by atoms with van der Waals surface area (Å²) < 4.78 is 0. The summed E-state index contributed by atoms with van der Waals surface area (Å²) in [6, 6.07) is 14.8. The molecule has 0 bridgehead atoms. The minimum Gasteiger partial charge on any atom is -0.373 e. The molecule has 92 valence electrons. The van der Waals surface area contributed by atoms with Gasteiger partial charge in [-0.1, -0.05) is 36.8 Å². The maximum Gasteiger partial charge on any atom is 0.126 e. The number of nitrogens with one attached hydrogen (secondary N) is 1. The van der Waals surface area contributed by atoms with Gasteiger partial charge in [-0.3, -0.25) is 0 Å². The standard InChI is InChI=1S/C16H18N2/c1-17-16-11-5-10-15(18-16)14-9-3-2-8-13(14)12-6-4-7-12/h2-3,5,8-12H,4,6-7H2,1H3,(H,17,18). The Balaban J connectivity index is 2.04. The van der Waals surface area contributed by atoms with E-state index >= 15 is 0 Å². The highest BCUT2D eigenvalue weighted by Crippen LogP contribution is 2.40. The SMILES string of the molecule is CNc1cccc(-c2ccccc2C2CCC2)n1. The molecular formula is C16H18N2. The first-order valence-corrected chi connectivity index (χ1v) is 6.62. The zero-order chi connectivity index (χ0) is 12.4. The van der Waals surface area contributed by atoms with Gasteiger partial charge in [0.25, 0.3) is 0 Å². The molecule has 1 saturated carbocycles. The van der Waals surface area contributed by atoms with Crippen molar-refractivity contribution in [3.8, 4) is 11.3 Å². The molecule has 1 N–H and O–H groups in total. The second-order valence-electron chi connectivity index (χ2n) is 4.87. The molecule has 1 aliphatic rings. The number of pyridine rings is 1. The molecule has 1 aliphatic carbocycles. The van der Waals surface area contributed by atoms with Crippen LogP contribution in [-0.4, -0.2) is 12.0 Å². The first-order valence-electron chi connectivity index (χ1n) is 6.62. The fourth-order valence-electron chi connectivity index (χ4n) is 2.53. The maximum atomic E-state index is 4.65. The molecular weight excluding hydrogens is 220 g/mol. The van der Waals surface area contributed by atoms with Gasteiger partial charge in [0.2, 0.25) is 0 Å². The Bertz CT molecular complexity index is 544. The van der Waals surface area contributed by atoms with E-state index in [1.54, 1.807) is 0 Å². The van der Waals surface area contributed by atoms with Gasteiger partial charge in [-0.25, -0.2) is 4.98 Å². The summed E-state index contributed by atoms with van der Waals surface area (Å²) in [5, 5.41) is 3.10. The predicted molar refractivity (Wildman–Crippen MR) is 75.8 cm³/mol. The Morgan fingerprint density at radius 1 is 1.06 bits per heavy atom. The summed E-state index contributed by atoms with van der Waals surface area (Å²) in [6.45, 7) is 0. The Morgan fingerprint density at radius 3 is 2.61 bits per heavy atom. The Morgan fingerprint density at radius 2 is 1.89 bits per heavy atom. The van der Waals surface area contributed by atoms with Gasteiger partial charge in [-0.2, -0.15) is 0 Å². The fraction of sp³-hybridized carbons (Fsp3) is 0.312. The smallest absolute Gasteiger partial charge is 0.126 e. The molecule has 18 heavy (non-hydrogen) atoms. The maximum absolute atomic E-state index is 4.65.